The average Bonchev–Trinajstić information content (AvgIpc) is 2.72. The Morgan fingerprint density at radius 3 is 2.80 bits per heavy atom. The van der Waals surface area contributed by atoms with Gasteiger partial charge in [-0.2, -0.15) is 18.4 Å². The SMILES string of the molecule is N#Cc1cccnc1N1C[C@@H]2C[C@H](C1)c1ccc(C(=O)NCC(F)(F)F)c(=O)n1C2. The van der Waals surface area contributed by atoms with Crippen LogP contribution in [0.15, 0.2) is 35.3 Å². The number of hydrogen-bond donors (Lipinski definition) is 1. The Morgan fingerprint density at radius 2 is 2.07 bits per heavy atom. The number of nitrogens with zero attached hydrogens (tertiary/aromatic N) is 4. The molecule has 0 spiro atoms. The number of halogens is 3. The van der Waals surface area contributed by atoms with E-state index in [1.165, 1.54) is 10.6 Å². The van der Waals surface area contributed by atoms with Crippen molar-refractivity contribution in [1.82, 2.24) is 14.9 Å². The summed E-state index contributed by atoms with van der Waals surface area (Å²) in [5.74, 6) is -0.340. The smallest absolute Gasteiger partial charge is 0.355 e. The second-order valence-electron chi connectivity index (χ2n) is 7.58. The van der Waals surface area contributed by atoms with E-state index in [0.29, 0.717) is 31.0 Å². The maximum absolute atomic E-state index is 12.8. The van der Waals surface area contributed by atoms with Gasteiger partial charge < -0.3 is 14.8 Å². The van der Waals surface area contributed by atoms with Gasteiger partial charge in [0.15, 0.2) is 0 Å². The maximum atomic E-state index is 12.8. The van der Waals surface area contributed by atoms with Crippen LogP contribution < -0.4 is 15.8 Å². The van der Waals surface area contributed by atoms with Gasteiger partial charge in [-0.3, -0.25) is 9.59 Å². The van der Waals surface area contributed by atoms with Crippen LogP contribution in [-0.2, 0) is 6.54 Å². The number of anilines is 1. The third-order valence-electron chi connectivity index (χ3n) is 5.50. The first-order valence-corrected chi connectivity index (χ1v) is 9.45. The number of nitriles is 1. The highest BCUT2D eigenvalue weighted by atomic mass is 19.4. The quantitative estimate of drug-likeness (QED) is 0.825. The van der Waals surface area contributed by atoms with Gasteiger partial charge in [0.2, 0.25) is 0 Å². The molecule has 0 aliphatic carbocycles. The maximum Gasteiger partial charge on any atom is 0.405 e. The van der Waals surface area contributed by atoms with Gasteiger partial charge in [0.1, 0.15) is 24.0 Å². The molecule has 2 aromatic rings. The molecule has 1 N–H and O–H groups in total. The summed E-state index contributed by atoms with van der Waals surface area (Å²) >= 11 is 0. The largest absolute Gasteiger partial charge is 0.405 e. The van der Waals surface area contributed by atoms with E-state index in [9.17, 15) is 28.0 Å². The van der Waals surface area contributed by atoms with Gasteiger partial charge in [0.05, 0.1) is 5.56 Å². The summed E-state index contributed by atoms with van der Waals surface area (Å²) < 4.78 is 38.6. The number of pyridine rings is 2. The summed E-state index contributed by atoms with van der Waals surface area (Å²) in [6.45, 7) is 0.0225. The Bertz CT molecular complexity index is 1090. The fourth-order valence-electron chi connectivity index (χ4n) is 4.30. The fourth-order valence-corrected chi connectivity index (χ4v) is 4.30. The number of carbonyl (C=O) groups is 1. The lowest BCUT2D eigenvalue weighted by Crippen LogP contribution is -2.48. The Kier molecular flexibility index (Phi) is 4.97. The molecule has 2 aliphatic heterocycles. The summed E-state index contributed by atoms with van der Waals surface area (Å²) in [5, 5.41) is 11.1. The molecule has 7 nitrogen and oxygen atoms in total. The van der Waals surface area contributed by atoms with E-state index in [1.54, 1.807) is 29.7 Å². The molecule has 0 unspecified atom stereocenters. The van der Waals surface area contributed by atoms with Crippen LogP contribution in [0.1, 0.15) is 34.0 Å². The number of aromatic nitrogens is 2. The molecule has 2 atom stereocenters. The van der Waals surface area contributed by atoms with Gasteiger partial charge >= 0.3 is 6.18 Å². The molecule has 1 fully saturated rings. The Balaban J connectivity index is 1.60. The van der Waals surface area contributed by atoms with Crippen molar-refractivity contribution in [2.75, 3.05) is 24.5 Å². The number of nitrogens with one attached hydrogen (secondary N) is 1. The molecule has 0 aromatic carbocycles. The molecule has 156 valence electrons. The van der Waals surface area contributed by atoms with E-state index >= 15 is 0 Å². The second kappa shape index (κ2) is 7.48. The molecule has 0 radical (unpaired) electrons. The highest BCUT2D eigenvalue weighted by Crippen LogP contribution is 2.37. The predicted octanol–water partition coefficient (Wildman–Crippen LogP) is 2.03. The number of rotatable bonds is 3. The first-order chi connectivity index (χ1) is 14.3. The Hall–Kier alpha value is -3.35. The first kappa shape index (κ1) is 19.9. The highest BCUT2D eigenvalue weighted by molar-refractivity contribution is 5.93. The molecule has 30 heavy (non-hydrogen) atoms. The molecule has 4 heterocycles. The first-order valence-electron chi connectivity index (χ1n) is 9.45. The number of fused-ring (bicyclic) bond motifs is 4. The van der Waals surface area contributed by atoms with Crippen LogP contribution in [0.3, 0.4) is 0 Å². The molecule has 4 rings (SSSR count). The lowest BCUT2D eigenvalue weighted by molar-refractivity contribution is -0.123. The molecule has 2 aliphatic rings. The highest BCUT2D eigenvalue weighted by Gasteiger charge is 2.36. The van der Waals surface area contributed by atoms with Crippen molar-refractivity contribution in [3.05, 3.63) is 57.6 Å². The Labute approximate surface area is 169 Å². The second-order valence-corrected chi connectivity index (χ2v) is 7.58. The Morgan fingerprint density at radius 1 is 1.27 bits per heavy atom. The summed E-state index contributed by atoms with van der Waals surface area (Å²) in [6, 6.07) is 8.48. The van der Waals surface area contributed by atoms with Gasteiger partial charge in [0, 0.05) is 37.4 Å². The van der Waals surface area contributed by atoms with Crippen molar-refractivity contribution in [1.29, 1.82) is 5.26 Å². The van der Waals surface area contributed by atoms with Gasteiger partial charge in [-0.1, -0.05) is 0 Å². The van der Waals surface area contributed by atoms with Crippen LogP contribution in [0, 0.1) is 17.2 Å². The van der Waals surface area contributed by atoms with E-state index in [0.717, 1.165) is 12.1 Å². The number of carbonyl (C=O) groups excluding carboxylic acids is 1. The van der Waals surface area contributed by atoms with Crippen molar-refractivity contribution >= 4 is 11.7 Å². The molecule has 2 bridgehead atoms. The van der Waals surface area contributed by atoms with Gasteiger partial charge in [0.25, 0.3) is 11.5 Å². The molecular formula is C20H18F3N5O2. The minimum atomic E-state index is -4.55. The van der Waals surface area contributed by atoms with Crippen molar-refractivity contribution in [2.24, 2.45) is 5.92 Å². The van der Waals surface area contributed by atoms with Crippen LogP contribution in [-0.4, -0.2) is 41.3 Å². The standard InChI is InChI=1S/C20H18F3N5O2/c21-20(22,23)11-26-18(29)15-3-4-16-14-6-12(9-28(16)19(15)30)8-27(10-14)17-13(7-24)2-1-5-25-17/h1-5,12,14H,6,8-11H2,(H,26,29)/t12-,14+/m0/s1. The van der Waals surface area contributed by atoms with Gasteiger partial charge in [-0.05, 0) is 36.6 Å². The van der Waals surface area contributed by atoms with Crippen molar-refractivity contribution in [3.63, 3.8) is 0 Å². The number of hydrogen-bond acceptors (Lipinski definition) is 5. The molecule has 1 saturated heterocycles. The van der Waals surface area contributed by atoms with Crippen LogP contribution in [0.2, 0.25) is 0 Å². The van der Waals surface area contributed by atoms with E-state index in [-0.39, 0.29) is 17.4 Å². The van der Waals surface area contributed by atoms with Gasteiger partial charge in [-0.15, -0.1) is 0 Å². The van der Waals surface area contributed by atoms with Crippen molar-refractivity contribution in [3.8, 4) is 6.07 Å². The van der Waals surface area contributed by atoms with Crippen molar-refractivity contribution in [2.45, 2.75) is 25.1 Å². The minimum absolute atomic E-state index is 0.00830. The molecule has 10 heteroatoms. The van der Waals surface area contributed by atoms with E-state index in [1.807, 2.05) is 4.90 Å². The lowest BCUT2D eigenvalue weighted by atomic mass is 9.83. The zero-order valence-corrected chi connectivity index (χ0v) is 15.8. The van der Waals surface area contributed by atoms with Crippen LogP contribution in [0.4, 0.5) is 19.0 Å². The van der Waals surface area contributed by atoms with E-state index in [4.69, 9.17) is 0 Å². The summed E-state index contributed by atoms with van der Waals surface area (Å²) in [4.78, 5) is 31.3. The fraction of sp³-hybridized carbons (Fsp3) is 0.400. The molecule has 0 saturated carbocycles. The normalized spacial score (nSPS) is 20.3. The predicted molar refractivity (Wildman–Crippen MR) is 101 cm³/mol. The topological polar surface area (TPSA) is 91.0 Å². The molecular weight excluding hydrogens is 399 g/mol. The minimum Gasteiger partial charge on any atom is -0.355 e. The number of amides is 1. The zero-order chi connectivity index (χ0) is 21.5. The lowest BCUT2D eigenvalue weighted by Gasteiger charge is -2.43. The molecule has 1 amide bonds. The van der Waals surface area contributed by atoms with Gasteiger partial charge in [-0.25, -0.2) is 4.98 Å². The van der Waals surface area contributed by atoms with Crippen LogP contribution >= 0.6 is 0 Å². The van der Waals surface area contributed by atoms with E-state index in [2.05, 4.69) is 11.1 Å². The molecule has 2 aromatic heterocycles. The van der Waals surface area contributed by atoms with Crippen LogP contribution in [0.25, 0.3) is 0 Å². The number of piperidine rings is 1. The average molecular weight is 417 g/mol. The third kappa shape index (κ3) is 3.75. The van der Waals surface area contributed by atoms with Crippen LogP contribution in [0.5, 0.6) is 0 Å². The van der Waals surface area contributed by atoms with E-state index < -0.39 is 24.2 Å². The van der Waals surface area contributed by atoms with Crippen molar-refractivity contribution < 1.29 is 18.0 Å². The summed E-state index contributed by atoms with van der Waals surface area (Å²) in [6.07, 6.45) is -2.07. The third-order valence-corrected chi connectivity index (χ3v) is 5.50. The monoisotopic (exact) mass is 417 g/mol. The zero-order valence-electron chi connectivity index (χ0n) is 15.8. The number of alkyl halides is 3. The summed E-state index contributed by atoms with van der Waals surface area (Å²) in [7, 11) is 0. The summed E-state index contributed by atoms with van der Waals surface area (Å²) in [5.41, 5.74) is 0.344.